The van der Waals surface area contributed by atoms with Gasteiger partial charge in [0.05, 0.1) is 11.9 Å². The molecule has 230 valence electrons. The number of hydrogen-bond acceptors (Lipinski definition) is 8. The molecule has 0 bridgehead atoms. The van der Waals surface area contributed by atoms with E-state index < -0.39 is 6.04 Å². The maximum absolute atomic E-state index is 12.6. The Balaban J connectivity index is 1.03. The molecule has 0 aliphatic carbocycles. The lowest BCUT2D eigenvalue weighted by Crippen LogP contribution is -2.49. The molecule has 1 atom stereocenters. The zero-order valence-electron chi connectivity index (χ0n) is 25.8. The van der Waals surface area contributed by atoms with Gasteiger partial charge in [-0.1, -0.05) is 13.2 Å². The third-order valence-corrected chi connectivity index (χ3v) is 8.33. The number of piperidine rings is 2. The molecule has 3 saturated heterocycles. The van der Waals surface area contributed by atoms with Crippen LogP contribution in [0.25, 0.3) is 5.76 Å². The maximum Gasteiger partial charge on any atom is 0.270 e. The van der Waals surface area contributed by atoms with Crippen molar-refractivity contribution in [3.63, 3.8) is 0 Å². The number of carbonyl (C=O) groups is 2. The first kappa shape index (κ1) is 30.5. The molecule has 2 aromatic rings. The second kappa shape index (κ2) is 13.2. The number of hydrogen-bond donors (Lipinski definition) is 2. The van der Waals surface area contributed by atoms with Gasteiger partial charge in [-0.3, -0.25) is 14.5 Å². The molecule has 5 heterocycles. The Morgan fingerprint density at radius 2 is 1.74 bits per heavy atom. The van der Waals surface area contributed by atoms with E-state index in [1.54, 1.807) is 12.3 Å². The molecule has 3 aliphatic rings. The molecule has 5 rings (SSSR count). The van der Waals surface area contributed by atoms with Crippen molar-refractivity contribution in [2.45, 2.75) is 58.1 Å². The van der Waals surface area contributed by atoms with Gasteiger partial charge in [-0.15, -0.1) is 0 Å². The van der Waals surface area contributed by atoms with Crippen LogP contribution in [0.5, 0.6) is 0 Å². The maximum atomic E-state index is 12.6. The van der Waals surface area contributed by atoms with Gasteiger partial charge < -0.3 is 25.2 Å². The number of pyridine rings is 2. The fraction of sp³-hybridized carbons (Fsp3) is 0.515. The van der Waals surface area contributed by atoms with E-state index in [0.717, 1.165) is 75.7 Å². The number of allylic oxidation sites excluding steroid dienone is 1. The minimum atomic E-state index is -0.553. The summed E-state index contributed by atoms with van der Waals surface area (Å²) < 4.78 is 5.88. The summed E-state index contributed by atoms with van der Waals surface area (Å²) in [5.74, 6) is 1.80. The van der Waals surface area contributed by atoms with Crippen LogP contribution >= 0.6 is 0 Å². The molecule has 0 spiro atoms. The van der Waals surface area contributed by atoms with Crippen LogP contribution in [-0.2, 0) is 9.53 Å². The molecule has 2 aromatic heterocycles. The summed E-state index contributed by atoms with van der Waals surface area (Å²) in [5.41, 5.74) is 2.66. The molecule has 0 aromatic carbocycles. The molecule has 1 unspecified atom stereocenters. The molecular formula is C33H45N7O3. The number of carbonyl (C=O) groups excluding carboxylic acids is 2. The van der Waals surface area contributed by atoms with E-state index in [-0.39, 0.29) is 17.4 Å². The van der Waals surface area contributed by atoms with Crippen molar-refractivity contribution in [1.29, 1.82) is 0 Å². The van der Waals surface area contributed by atoms with Gasteiger partial charge >= 0.3 is 0 Å². The highest BCUT2D eigenvalue weighted by Gasteiger charge is 2.27. The molecule has 43 heavy (non-hydrogen) atoms. The van der Waals surface area contributed by atoms with Gasteiger partial charge in [0, 0.05) is 63.3 Å². The highest BCUT2D eigenvalue weighted by molar-refractivity contribution is 5.96. The van der Waals surface area contributed by atoms with Crippen molar-refractivity contribution >= 4 is 29.1 Å². The van der Waals surface area contributed by atoms with Crippen molar-refractivity contribution < 1.29 is 14.3 Å². The zero-order valence-corrected chi connectivity index (χ0v) is 25.8. The highest BCUT2D eigenvalue weighted by Crippen LogP contribution is 2.26. The highest BCUT2D eigenvalue weighted by atomic mass is 16.5. The Bertz CT molecular complexity index is 1300. The Labute approximate surface area is 255 Å². The molecule has 10 nitrogen and oxygen atoms in total. The van der Waals surface area contributed by atoms with E-state index in [1.807, 2.05) is 33.0 Å². The Kier molecular flexibility index (Phi) is 9.34. The minimum Gasteiger partial charge on any atom is -0.488 e. The first-order valence-electron chi connectivity index (χ1n) is 15.4. The second-order valence-corrected chi connectivity index (χ2v) is 12.8. The van der Waals surface area contributed by atoms with E-state index >= 15 is 0 Å². The lowest BCUT2D eigenvalue weighted by molar-refractivity contribution is -0.123. The van der Waals surface area contributed by atoms with E-state index in [1.165, 1.54) is 0 Å². The largest absolute Gasteiger partial charge is 0.488 e. The monoisotopic (exact) mass is 587 g/mol. The Morgan fingerprint density at radius 3 is 2.35 bits per heavy atom. The van der Waals surface area contributed by atoms with Gasteiger partial charge in [0.2, 0.25) is 5.91 Å². The van der Waals surface area contributed by atoms with Crippen molar-refractivity contribution in [2.75, 3.05) is 55.6 Å². The SMILES string of the molecule is C=C1CCC(NC(=O)c2ccc(N3CCN(CC4CCN(c5ccc(C(=C)OC(C)(C)C)cn5)CC4)CC3)cn2)C(=O)N1. The third-order valence-electron chi connectivity index (χ3n) is 8.33. The Hall–Kier alpha value is -3.92. The van der Waals surface area contributed by atoms with Crippen LogP contribution in [-0.4, -0.2) is 84.1 Å². The van der Waals surface area contributed by atoms with Crippen LogP contribution in [0.4, 0.5) is 11.5 Å². The van der Waals surface area contributed by atoms with Crippen LogP contribution in [0.2, 0.25) is 0 Å². The first-order valence-corrected chi connectivity index (χ1v) is 15.4. The number of nitrogens with one attached hydrogen (secondary N) is 2. The minimum absolute atomic E-state index is 0.221. The van der Waals surface area contributed by atoms with E-state index in [4.69, 9.17) is 9.72 Å². The first-order chi connectivity index (χ1) is 20.5. The van der Waals surface area contributed by atoms with Crippen LogP contribution in [0.1, 0.15) is 62.5 Å². The molecule has 10 heteroatoms. The summed E-state index contributed by atoms with van der Waals surface area (Å²) >= 11 is 0. The molecule has 3 fully saturated rings. The number of piperazine rings is 1. The van der Waals surface area contributed by atoms with Crippen LogP contribution in [0.15, 0.2) is 55.5 Å². The van der Waals surface area contributed by atoms with E-state index in [0.29, 0.717) is 35.9 Å². The summed E-state index contributed by atoms with van der Waals surface area (Å²) in [7, 11) is 0. The van der Waals surface area contributed by atoms with E-state index in [9.17, 15) is 9.59 Å². The Morgan fingerprint density at radius 1 is 1.00 bits per heavy atom. The lowest BCUT2D eigenvalue weighted by Gasteiger charge is -2.39. The fourth-order valence-electron chi connectivity index (χ4n) is 5.92. The van der Waals surface area contributed by atoms with Gasteiger partial charge in [0.25, 0.3) is 5.91 Å². The average molecular weight is 588 g/mol. The van der Waals surface area contributed by atoms with Gasteiger partial charge in [-0.25, -0.2) is 9.97 Å². The number of ether oxygens (including phenoxy) is 1. The van der Waals surface area contributed by atoms with Crippen molar-refractivity contribution in [1.82, 2.24) is 25.5 Å². The number of nitrogens with zero attached hydrogens (tertiary/aromatic N) is 5. The second-order valence-electron chi connectivity index (χ2n) is 12.8. The third kappa shape index (κ3) is 8.13. The zero-order chi connectivity index (χ0) is 30.6. The topological polar surface area (TPSA) is 103 Å². The normalized spacial score (nSPS) is 20.5. The molecule has 3 aliphatic heterocycles. The summed E-state index contributed by atoms with van der Waals surface area (Å²) in [5, 5.41) is 5.48. The number of anilines is 2. The number of amides is 2. The number of rotatable bonds is 8. The fourth-order valence-corrected chi connectivity index (χ4v) is 5.92. The molecule has 0 saturated carbocycles. The quantitative estimate of drug-likeness (QED) is 0.450. The van der Waals surface area contributed by atoms with Gasteiger partial charge in [0.1, 0.15) is 28.9 Å². The van der Waals surface area contributed by atoms with Crippen LogP contribution in [0, 0.1) is 5.92 Å². The van der Waals surface area contributed by atoms with Crippen molar-refractivity contribution in [3.05, 3.63) is 66.8 Å². The summed E-state index contributed by atoms with van der Waals surface area (Å²) in [6, 6.07) is 7.26. The van der Waals surface area contributed by atoms with Crippen LogP contribution < -0.4 is 20.4 Å². The molecular weight excluding hydrogens is 542 g/mol. The van der Waals surface area contributed by atoms with Crippen molar-refractivity contribution in [2.24, 2.45) is 5.92 Å². The summed E-state index contributed by atoms with van der Waals surface area (Å²) in [6.07, 6.45) is 7.15. The van der Waals surface area contributed by atoms with Crippen molar-refractivity contribution in [3.8, 4) is 0 Å². The van der Waals surface area contributed by atoms with Gasteiger partial charge in [0.15, 0.2) is 0 Å². The standard InChI is InChI=1S/C33H45N7O3/c1-23-6-9-29(32(42)36-23)37-31(41)28-10-8-27(21-34-28)39-18-16-38(17-19-39)22-25-12-14-40(15-13-25)30-11-7-26(20-35-30)24(2)43-33(3,4)5/h7-8,10-11,20-21,25,29H,1-2,6,9,12-19,22H2,3-5H3,(H,36,42)(H,37,41). The lowest BCUT2D eigenvalue weighted by atomic mass is 9.96. The predicted octanol–water partition coefficient (Wildman–Crippen LogP) is 3.82. The molecule has 2 N–H and O–H groups in total. The van der Waals surface area contributed by atoms with Gasteiger partial charge in [-0.05, 0) is 76.6 Å². The molecule has 2 amide bonds. The van der Waals surface area contributed by atoms with Gasteiger partial charge in [-0.2, -0.15) is 0 Å². The summed E-state index contributed by atoms with van der Waals surface area (Å²) in [6.45, 7) is 20.9. The number of aromatic nitrogens is 2. The van der Waals surface area contributed by atoms with Crippen LogP contribution in [0.3, 0.4) is 0 Å². The van der Waals surface area contributed by atoms with E-state index in [2.05, 4.69) is 55.6 Å². The average Bonchev–Trinajstić information content (AvgIpc) is 2.99. The molecule has 0 radical (unpaired) electrons. The smallest absolute Gasteiger partial charge is 0.270 e. The predicted molar refractivity (Wildman–Crippen MR) is 170 cm³/mol. The summed E-state index contributed by atoms with van der Waals surface area (Å²) in [4.78, 5) is 41.1.